The van der Waals surface area contributed by atoms with Crippen molar-refractivity contribution in [2.45, 2.75) is 63.0 Å². The predicted molar refractivity (Wildman–Crippen MR) is 149 cm³/mol. The summed E-state index contributed by atoms with van der Waals surface area (Å²) >= 11 is 0. The van der Waals surface area contributed by atoms with Crippen LogP contribution >= 0.6 is 0 Å². The molecule has 0 unspecified atom stereocenters. The van der Waals surface area contributed by atoms with E-state index in [1.165, 1.54) is 50.3 Å². The molecule has 2 aliphatic rings. The molecular formula is C29H40FN3O5S. The van der Waals surface area contributed by atoms with Gasteiger partial charge in [-0.1, -0.05) is 26.2 Å². The van der Waals surface area contributed by atoms with Gasteiger partial charge in [0.05, 0.1) is 23.1 Å². The van der Waals surface area contributed by atoms with Crippen LogP contribution in [0.4, 0.5) is 10.1 Å². The maximum absolute atomic E-state index is 13.7. The van der Waals surface area contributed by atoms with Crippen LogP contribution in [0.5, 0.6) is 5.75 Å². The zero-order chi connectivity index (χ0) is 28.2. The molecule has 39 heavy (non-hydrogen) atoms. The molecule has 4 rings (SSSR count). The number of aliphatic hydroxyl groups is 1. The first-order chi connectivity index (χ1) is 18.6. The summed E-state index contributed by atoms with van der Waals surface area (Å²) in [7, 11) is -1.90. The van der Waals surface area contributed by atoms with Crippen LogP contribution in [0.25, 0.3) is 0 Å². The molecule has 10 heteroatoms. The molecular weight excluding hydrogens is 521 g/mol. The van der Waals surface area contributed by atoms with E-state index in [0.29, 0.717) is 24.8 Å². The van der Waals surface area contributed by atoms with Crippen molar-refractivity contribution in [1.82, 2.24) is 9.80 Å². The standard InChI is InChI=1S/C29H40FN3O5S/c1-20-16-33(21(2)19-34)29(35)26-15-24(31-39(36,37)25-12-9-23(30)10-13-25)11-14-27(26)38-28(20)18-32(3)17-22-7-5-4-6-8-22/h9-15,20-22,28,31,34H,4-8,16-19H2,1-3H3/t20-,21-,28+/m1/s1. The highest BCUT2D eigenvalue weighted by Gasteiger charge is 2.34. The summed E-state index contributed by atoms with van der Waals surface area (Å²) < 4.78 is 48.0. The molecule has 0 spiro atoms. The molecule has 8 nitrogen and oxygen atoms in total. The molecule has 1 aliphatic carbocycles. The second-order valence-electron chi connectivity index (χ2n) is 11.1. The number of sulfonamides is 1. The number of anilines is 1. The molecule has 1 heterocycles. The molecule has 1 fully saturated rings. The number of rotatable bonds is 9. The normalized spacial score (nSPS) is 21.6. The first-order valence-electron chi connectivity index (χ1n) is 13.8. The number of nitrogens with zero attached hydrogens (tertiary/aromatic N) is 2. The van der Waals surface area contributed by atoms with Crippen LogP contribution in [0.1, 0.15) is 56.3 Å². The number of hydrogen-bond donors (Lipinski definition) is 2. The summed E-state index contributed by atoms with van der Waals surface area (Å²) in [6.45, 7) is 5.73. The number of likely N-dealkylation sites (N-methyl/N-ethyl adjacent to an activating group) is 1. The second kappa shape index (κ2) is 12.7. The molecule has 0 bridgehead atoms. The Kier molecular flexibility index (Phi) is 9.51. The Morgan fingerprint density at radius 2 is 1.82 bits per heavy atom. The van der Waals surface area contributed by atoms with Crippen LogP contribution in [0, 0.1) is 17.7 Å². The molecule has 0 radical (unpaired) electrons. The lowest BCUT2D eigenvalue weighted by molar-refractivity contribution is 0.0330. The summed E-state index contributed by atoms with van der Waals surface area (Å²) in [4.78, 5) is 17.5. The van der Waals surface area contributed by atoms with E-state index < -0.39 is 21.9 Å². The van der Waals surface area contributed by atoms with Crippen molar-refractivity contribution < 1.29 is 27.4 Å². The number of carbonyl (C=O) groups is 1. The molecule has 1 amide bonds. The predicted octanol–water partition coefficient (Wildman–Crippen LogP) is 4.36. The summed E-state index contributed by atoms with van der Waals surface area (Å²) in [6.07, 6.45) is 6.18. The number of ether oxygens (including phenoxy) is 1. The van der Waals surface area contributed by atoms with Gasteiger partial charge in [0.2, 0.25) is 0 Å². The van der Waals surface area contributed by atoms with Gasteiger partial charge >= 0.3 is 0 Å². The molecule has 2 aromatic rings. The van der Waals surface area contributed by atoms with Crippen LogP contribution in [0.2, 0.25) is 0 Å². The number of halogens is 1. The molecule has 0 aromatic heterocycles. The Bertz CT molecular complexity index is 1230. The first-order valence-corrected chi connectivity index (χ1v) is 15.2. The van der Waals surface area contributed by atoms with E-state index in [9.17, 15) is 22.7 Å². The van der Waals surface area contributed by atoms with E-state index in [2.05, 4.69) is 23.6 Å². The van der Waals surface area contributed by atoms with Gasteiger partial charge < -0.3 is 19.6 Å². The van der Waals surface area contributed by atoms with E-state index in [-0.39, 0.29) is 40.7 Å². The van der Waals surface area contributed by atoms with E-state index in [1.54, 1.807) is 24.0 Å². The maximum atomic E-state index is 13.7. The Labute approximate surface area is 231 Å². The number of fused-ring (bicyclic) bond motifs is 1. The topological polar surface area (TPSA) is 99.2 Å². The van der Waals surface area contributed by atoms with Gasteiger partial charge in [0.25, 0.3) is 15.9 Å². The lowest BCUT2D eigenvalue weighted by Crippen LogP contribution is -2.50. The van der Waals surface area contributed by atoms with Gasteiger partial charge in [-0.25, -0.2) is 12.8 Å². The highest BCUT2D eigenvalue weighted by molar-refractivity contribution is 7.92. The Morgan fingerprint density at radius 1 is 1.13 bits per heavy atom. The van der Waals surface area contributed by atoms with Crippen LogP contribution < -0.4 is 9.46 Å². The molecule has 1 saturated carbocycles. The van der Waals surface area contributed by atoms with Crippen LogP contribution in [0.15, 0.2) is 47.4 Å². The van der Waals surface area contributed by atoms with Crippen molar-refractivity contribution in [3.05, 3.63) is 53.8 Å². The lowest BCUT2D eigenvalue weighted by Gasteiger charge is -2.38. The third-order valence-corrected chi connectivity index (χ3v) is 9.22. The van der Waals surface area contributed by atoms with Gasteiger partial charge in [-0.15, -0.1) is 0 Å². The summed E-state index contributed by atoms with van der Waals surface area (Å²) in [5.41, 5.74) is 0.410. The van der Waals surface area contributed by atoms with Crippen molar-refractivity contribution in [3.63, 3.8) is 0 Å². The minimum absolute atomic E-state index is 0.00145. The number of amides is 1. The fraction of sp³-hybridized carbons (Fsp3) is 0.552. The first kappa shape index (κ1) is 29.3. The highest BCUT2D eigenvalue weighted by atomic mass is 32.2. The van der Waals surface area contributed by atoms with E-state index in [1.807, 2.05) is 0 Å². The fourth-order valence-electron chi connectivity index (χ4n) is 5.52. The van der Waals surface area contributed by atoms with E-state index in [0.717, 1.165) is 18.7 Å². The van der Waals surface area contributed by atoms with Gasteiger partial charge in [-0.05, 0) is 75.2 Å². The number of hydrogen-bond acceptors (Lipinski definition) is 6. The SMILES string of the molecule is C[C@@H]1CN([C@H](C)CO)C(=O)c2cc(NS(=O)(=O)c3ccc(F)cc3)ccc2O[C@H]1CN(C)CC1CCCCC1. The highest BCUT2D eigenvalue weighted by Crippen LogP contribution is 2.32. The Balaban J connectivity index is 1.60. The third-order valence-electron chi connectivity index (χ3n) is 7.83. The second-order valence-corrected chi connectivity index (χ2v) is 12.8. The van der Waals surface area contributed by atoms with Crippen molar-refractivity contribution in [1.29, 1.82) is 0 Å². The van der Waals surface area contributed by atoms with Gasteiger partial charge in [-0.3, -0.25) is 9.52 Å². The largest absolute Gasteiger partial charge is 0.488 e. The summed E-state index contributed by atoms with van der Waals surface area (Å²) in [5, 5.41) is 9.90. The van der Waals surface area contributed by atoms with E-state index >= 15 is 0 Å². The molecule has 0 saturated heterocycles. The molecule has 3 atom stereocenters. The summed E-state index contributed by atoms with van der Waals surface area (Å²) in [5.74, 6) is 0.187. The maximum Gasteiger partial charge on any atom is 0.261 e. The molecule has 2 N–H and O–H groups in total. The average molecular weight is 562 g/mol. The summed E-state index contributed by atoms with van der Waals surface area (Å²) in [6, 6.07) is 8.73. The Morgan fingerprint density at radius 3 is 2.49 bits per heavy atom. The van der Waals surface area contributed by atoms with Crippen molar-refractivity contribution >= 4 is 21.6 Å². The number of carbonyl (C=O) groups excluding carboxylic acids is 1. The molecule has 2 aromatic carbocycles. The smallest absolute Gasteiger partial charge is 0.261 e. The molecule has 1 aliphatic heterocycles. The average Bonchev–Trinajstić information content (AvgIpc) is 2.91. The minimum atomic E-state index is -4.00. The van der Waals surface area contributed by atoms with Gasteiger partial charge in [0, 0.05) is 31.2 Å². The van der Waals surface area contributed by atoms with Gasteiger partial charge in [-0.2, -0.15) is 0 Å². The van der Waals surface area contributed by atoms with Crippen molar-refractivity contribution in [2.75, 3.05) is 38.0 Å². The zero-order valence-electron chi connectivity index (χ0n) is 23.0. The van der Waals surface area contributed by atoms with Crippen molar-refractivity contribution in [2.24, 2.45) is 11.8 Å². The third kappa shape index (κ3) is 7.29. The van der Waals surface area contributed by atoms with Crippen LogP contribution in [0.3, 0.4) is 0 Å². The number of benzene rings is 2. The van der Waals surface area contributed by atoms with Crippen LogP contribution in [-0.2, 0) is 10.0 Å². The Hall–Kier alpha value is -2.69. The van der Waals surface area contributed by atoms with Crippen LogP contribution in [-0.4, -0.2) is 74.7 Å². The fourth-order valence-corrected chi connectivity index (χ4v) is 6.57. The number of nitrogens with one attached hydrogen (secondary N) is 1. The minimum Gasteiger partial charge on any atom is -0.488 e. The molecule has 214 valence electrons. The zero-order valence-corrected chi connectivity index (χ0v) is 23.8. The quantitative estimate of drug-likeness (QED) is 0.472. The number of aliphatic hydroxyl groups excluding tert-OH is 1. The van der Waals surface area contributed by atoms with Crippen molar-refractivity contribution in [3.8, 4) is 5.75 Å². The monoisotopic (exact) mass is 561 g/mol. The lowest BCUT2D eigenvalue weighted by atomic mass is 9.89. The van der Waals surface area contributed by atoms with Gasteiger partial charge in [0.1, 0.15) is 17.7 Å². The van der Waals surface area contributed by atoms with Gasteiger partial charge in [0.15, 0.2) is 0 Å². The van der Waals surface area contributed by atoms with E-state index in [4.69, 9.17) is 4.74 Å².